The van der Waals surface area contributed by atoms with Crippen molar-refractivity contribution in [2.45, 2.75) is 43.9 Å². The zero-order valence-corrected chi connectivity index (χ0v) is 15.2. The molecule has 1 saturated heterocycles. The van der Waals surface area contributed by atoms with E-state index < -0.39 is 10.0 Å². The van der Waals surface area contributed by atoms with Gasteiger partial charge in [-0.05, 0) is 25.8 Å². The van der Waals surface area contributed by atoms with E-state index in [-0.39, 0.29) is 0 Å². The maximum atomic E-state index is 12.1. The van der Waals surface area contributed by atoms with Crippen molar-refractivity contribution in [3.05, 3.63) is 24.5 Å². The van der Waals surface area contributed by atoms with E-state index in [4.69, 9.17) is 0 Å². The molecule has 0 aromatic carbocycles. The number of Topliss-reactive ketones (excluding diaryl/α,β-unsaturated/α-hetero) is 1. The van der Waals surface area contributed by atoms with Gasteiger partial charge >= 0.3 is 0 Å². The summed E-state index contributed by atoms with van der Waals surface area (Å²) in [6.07, 6.45) is 9.39. The Morgan fingerprint density at radius 1 is 1.21 bits per heavy atom. The Labute approximate surface area is 144 Å². The van der Waals surface area contributed by atoms with Crippen LogP contribution < -0.4 is 10.3 Å². The number of pyridine rings is 1. The normalized spacial score (nSPS) is 20.0. The van der Waals surface area contributed by atoms with Crippen LogP contribution >= 0.6 is 0 Å². The fraction of sp³-hybridized carbons (Fsp3) is 0.647. The molecule has 0 atom stereocenters. The van der Waals surface area contributed by atoms with Crippen molar-refractivity contribution >= 4 is 15.8 Å². The van der Waals surface area contributed by atoms with Gasteiger partial charge in [0.05, 0.1) is 26.2 Å². The summed E-state index contributed by atoms with van der Waals surface area (Å²) in [6.45, 7) is 4.59. The number of nitrogens with one attached hydrogen (secondary N) is 1. The molecule has 1 aromatic rings. The van der Waals surface area contributed by atoms with E-state index in [1.165, 1.54) is 29.8 Å². The number of nitrogens with zero attached hydrogens (tertiary/aromatic N) is 1. The minimum absolute atomic E-state index is 0.340. The third-order valence-corrected chi connectivity index (χ3v) is 6.56. The fourth-order valence-electron chi connectivity index (χ4n) is 3.16. The average Bonchev–Trinajstić information content (AvgIpc) is 2.64. The summed E-state index contributed by atoms with van der Waals surface area (Å²) in [4.78, 5) is 13.9. The van der Waals surface area contributed by atoms with E-state index in [0.717, 1.165) is 25.9 Å². The van der Waals surface area contributed by atoms with Crippen LogP contribution in [0.5, 0.6) is 0 Å². The summed E-state index contributed by atoms with van der Waals surface area (Å²) >= 11 is 0. The molecule has 6 nitrogen and oxygen atoms in total. The molecule has 1 saturated carbocycles. The highest BCUT2D eigenvalue weighted by Crippen LogP contribution is 2.23. The molecule has 3 N–H and O–H groups in total. The highest BCUT2D eigenvalue weighted by atomic mass is 32.2. The summed E-state index contributed by atoms with van der Waals surface area (Å²) in [5.74, 6) is 0.813. The number of sulfonamides is 1. The summed E-state index contributed by atoms with van der Waals surface area (Å²) in [6, 6.07) is 3.31. The van der Waals surface area contributed by atoms with Crippen molar-refractivity contribution in [2.75, 3.05) is 26.2 Å². The first-order chi connectivity index (χ1) is 11.5. The van der Waals surface area contributed by atoms with Crippen molar-refractivity contribution in [2.24, 2.45) is 5.92 Å². The summed E-state index contributed by atoms with van der Waals surface area (Å²) in [5, 5.41) is 2.13. The zero-order valence-electron chi connectivity index (χ0n) is 14.4. The van der Waals surface area contributed by atoms with Crippen molar-refractivity contribution in [3.8, 4) is 0 Å². The van der Waals surface area contributed by atoms with E-state index in [1.807, 2.05) is 0 Å². The van der Waals surface area contributed by atoms with Gasteiger partial charge in [0.15, 0.2) is 12.4 Å². The number of quaternary nitrogens is 1. The number of H-pyrrole nitrogens is 1. The third kappa shape index (κ3) is 5.36. The molecule has 2 heterocycles. The number of nitrogens with two attached hydrogens (primary N) is 1. The Balaban J connectivity index is 0.000000198. The first kappa shape index (κ1) is 19.0. The third-order valence-electron chi connectivity index (χ3n) is 4.66. The van der Waals surface area contributed by atoms with E-state index in [2.05, 4.69) is 10.3 Å². The minimum atomic E-state index is -3.28. The number of piperazine rings is 1. The van der Waals surface area contributed by atoms with Crippen molar-refractivity contribution in [1.82, 2.24) is 4.31 Å². The molecule has 3 rings (SSSR count). The van der Waals surface area contributed by atoms with Gasteiger partial charge in [0.2, 0.25) is 10.0 Å². The molecule has 2 aliphatic rings. The van der Waals surface area contributed by atoms with Crippen LogP contribution in [0.25, 0.3) is 0 Å². The average molecular weight is 356 g/mol. The van der Waals surface area contributed by atoms with Crippen molar-refractivity contribution < 1.29 is 23.5 Å². The lowest BCUT2D eigenvalue weighted by Crippen LogP contribution is -2.89. The molecule has 24 heavy (non-hydrogen) atoms. The number of rotatable bonds is 3. The van der Waals surface area contributed by atoms with Gasteiger partial charge < -0.3 is 5.32 Å². The van der Waals surface area contributed by atoms with E-state index in [0.29, 0.717) is 29.7 Å². The molecule has 0 unspecified atom stereocenters. The van der Waals surface area contributed by atoms with E-state index in [1.54, 1.807) is 25.3 Å². The van der Waals surface area contributed by atoms with Crippen molar-refractivity contribution in [3.63, 3.8) is 0 Å². The predicted molar refractivity (Wildman–Crippen MR) is 90.7 cm³/mol. The lowest BCUT2D eigenvalue weighted by Gasteiger charge is -2.23. The second-order valence-corrected chi connectivity index (χ2v) is 8.39. The molecule has 7 heteroatoms. The van der Waals surface area contributed by atoms with Gasteiger partial charge in [-0.1, -0.05) is 19.3 Å². The number of ketones is 1. The van der Waals surface area contributed by atoms with Crippen LogP contribution in [0.4, 0.5) is 0 Å². The molecule has 0 radical (unpaired) electrons. The molecule has 0 bridgehead atoms. The molecule has 1 aliphatic carbocycles. The quantitative estimate of drug-likeness (QED) is 0.842. The number of aromatic nitrogens is 1. The number of carbonyl (C=O) groups excluding carboxylic acids is 1. The molecule has 0 amide bonds. The van der Waals surface area contributed by atoms with Gasteiger partial charge in [-0.25, -0.2) is 13.4 Å². The lowest BCUT2D eigenvalue weighted by atomic mass is 9.87. The Kier molecular flexibility index (Phi) is 7.33. The lowest BCUT2D eigenvalue weighted by molar-refractivity contribution is -0.661. The highest BCUT2D eigenvalue weighted by Gasteiger charge is 2.28. The summed E-state index contributed by atoms with van der Waals surface area (Å²) in [7, 11) is -3.28. The topological polar surface area (TPSA) is 85.2 Å². The first-order valence-corrected chi connectivity index (χ1v) is 10.2. The molecule has 2 fully saturated rings. The van der Waals surface area contributed by atoms with Gasteiger partial charge in [-0.2, -0.15) is 4.31 Å². The Hall–Kier alpha value is -1.31. The summed E-state index contributed by atoms with van der Waals surface area (Å²) in [5.41, 5.74) is 0. The number of aromatic amines is 1. The van der Waals surface area contributed by atoms with Gasteiger partial charge in [-0.3, -0.25) is 4.79 Å². The Morgan fingerprint density at radius 2 is 1.88 bits per heavy atom. The number of hydrogen-bond acceptors (Lipinski definition) is 3. The predicted octanol–water partition coefficient (Wildman–Crippen LogP) is 0.224. The molecule has 1 aliphatic heterocycles. The van der Waals surface area contributed by atoms with Crippen molar-refractivity contribution in [1.29, 1.82) is 0 Å². The second-order valence-electron chi connectivity index (χ2n) is 6.45. The maximum Gasteiger partial charge on any atom is 0.249 e. The van der Waals surface area contributed by atoms with Gasteiger partial charge in [0.1, 0.15) is 10.7 Å². The molecular weight excluding hydrogens is 326 g/mol. The van der Waals surface area contributed by atoms with E-state index in [9.17, 15) is 13.2 Å². The SMILES string of the molecule is CC(=O)C1CCCCC1.O=S(=O)(c1ccc[nH+]c1)N1CC[NH2+]CC1. The largest absolute Gasteiger partial charge is 0.344 e. The highest BCUT2D eigenvalue weighted by molar-refractivity contribution is 7.89. The molecule has 0 spiro atoms. The van der Waals surface area contributed by atoms with Crippen LogP contribution in [-0.2, 0) is 14.8 Å². The standard InChI is InChI=1S/C9H13N3O2S.C8H14O/c13-15(14,9-2-1-3-11-8-9)12-6-4-10-5-7-12;1-7(9)8-5-3-2-4-6-8/h1-3,8,10H,4-7H2;8H,2-6H2,1H3/p+2. The zero-order chi connectivity index (χ0) is 17.4. The second kappa shape index (κ2) is 9.25. The van der Waals surface area contributed by atoms with Crippen LogP contribution in [0, 0.1) is 5.92 Å². The van der Waals surface area contributed by atoms with Gasteiger partial charge in [0, 0.05) is 12.0 Å². The maximum absolute atomic E-state index is 12.1. The number of hydrogen-bond donors (Lipinski definition) is 1. The van der Waals surface area contributed by atoms with Gasteiger partial charge in [0.25, 0.3) is 0 Å². The summed E-state index contributed by atoms with van der Waals surface area (Å²) < 4.78 is 25.7. The Morgan fingerprint density at radius 3 is 2.38 bits per heavy atom. The van der Waals surface area contributed by atoms with Crippen LogP contribution in [0.1, 0.15) is 39.0 Å². The van der Waals surface area contributed by atoms with Crippen LogP contribution in [0.2, 0.25) is 0 Å². The molecule has 1 aromatic heterocycles. The minimum Gasteiger partial charge on any atom is -0.344 e. The van der Waals surface area contributed by atoms with Crippen LogP contribution in [0.3, 0.4) is 0 Å². The smallest absolute Gasteiger partial charge is 0.249 e. The van der Waals surface area contributed by atoms with Gasteiger partial charge in [-0.15, -0.1) is 0 Å². The van der Waals surface area contributed by atoms with Crippen LogP contribution in [0.15, 0.2) is 29.4 Å². The molecule has 134 valence electrons. The monoisotopic (exact) mass is 355 g/mol. The molecular formula is C17H29N3O3S+2. The van der Waals surface area contributed by atoms with E-state index >= 15 is 0 Å². The Bertz CT molecular complexity index is 607. The van der Waals surface area contributed by atoms with Crippen LogP contribution in [-0.4, -0.2) is 44.7 Å². The fourth-order valence-corrected chi connectivity index (χ4v) is 4.62. The first-order valence-electron chi connectivity index (χ1n) is 8.80. The number of carbonyl (C=O) groups is 1.